The van der Waals surface area contributed by atoms with Crippen LogP contribution in [0.3, 0.4) is 0 Å². The minimum atomic E-state index is -0.100. The molecule has 1 fully saturated rings. The van der Waals surface area contributed by atoms with Crippen molar-refractivity contribution in [2.24, 2.45) is 0 Å². The van der Waals surface area contributed by atoms with Crippen molar-refractivity contribution in [2.75, 3.05) is 24.5 Å². The minimum absolute atomic E-state index is 0.0464. The fourth-order valence-corrected chi connectivity index (χ4v) is 4.70. The Morgan fingerprint density at radius 3 is 2.96 bits per heavy atom. The Labute approximate surface area is 151 Å². The molecule has 1 aromatic heterocycles. The molecule has 2 aromatic rings. The van der Waals surface area contributed by atoms with Crippen LogP contribution in [0.25, 0.3) is 0 Å². The fourth-order valence-electron chi connectivity index (χ4n) is 3.77. The number of urea groups is 1. The summed E-state index contributed by atoms with van der Waals surface area (Å²) < 4.78 is 0. The Hall–Kier alpha value is -2.34. The van der Waals surface area contributed by atoms with Gasteiger partial charge in [-0.25, -0.2) is 4.79 Å². The van der Waals surface area contributed by atoms with Crippen molar-refractivity contribution in [2.45, 2.75) is 25.8 Å². The summed E-state index contributed by atoms with van der Waals surface area (Å²) in [6, 6.07) is 9.61. The smallest absolute Gasteiger partial charge is 0.321 e. The van der Waals surface area contributed by atoms with Gasteiger partial charge in [0.15, 0.2) is 0 Å². The largest absolute Gasteiger partial charge is 0.336 e. The van der Waals surface area contributed by atoms with Crippen LogP contribution in [0.1, 0.15) is 40.2 Å². The number of carbonyl (C=O) groups is 2. The molecule has 25 heavy (non-hydrogen) atoms. The van der Waals surface area contributed by atoms with Crippen molar-refractivity contribution in [1.29, 1.82) is 0 Å². The van der Waals surface area contributed by atoms with Gasteiger partial charge in [0.1, 0.15) is 0 Å². The van der Waals surface area contributed by atoms with E-state index in [-0.39, 0.29) is 18.0 Å². The number of benzene rings is 1. The first-order chi connectivity index (χ1) is 12.2. The van der Waals surface area contributed by atoms with E-state index in [9.17, 15) is 9.59 Å². The molecule has 5 nitrogen and oxygen atoms in total. The normalized spacial score (nSPS) is 19.7. The van der Waals surface area contributed by atoms with Crippen molar-refractivity contribution >= 4 is 29.0 Å². The second-order valence-corrected chi connectivity index (χ2v) is 7.41. The Bertz CT molecular complexity index is 817. The average molecular weight is 355 g/mol. The Kier molecular flexibility index (Phi) is 4.21. The highest BCUT2D eigenvalue weighted by atomic mass is 32.1. The molecule has 0 spiro atoms. The Balaban J connectivity index is 1.62. The fraction of sp³-hybridized carbons (Fsp3) is 0.368. The van der Waals surface area contributed by atoms with E-state index < -0.39 is 0 Å². The van der Waals surface area contributed by atoms with Gasteiger partial charge in [0.2, 0.25) is 0 Å². The Morgan fingerprint density at radius 2 is 2.20 bits per heavy atom. The predicted octanol–water partition coefficient (Wildman–Crippen LogP) is 3.43. The lowest BCUT2D eigenvalue weighted by Crippen LogP contribution is -2.39. The van der Waals surface area contributed by atoms with Gasteiger partial charge >= 0.3 is 6.03 Å². The van der Waals surface area contributed by atoms with Gasteiger partial charge in [0.25, 0.3) is 5.91 Å². The van der Waals surface area contributed by atoms with Gasteiger partial charge in [-0.1, -0.05) is 13.0 Å². The molecule has 0 aliphatic carbocycles. The van der Waals surface area contributed by atoms with Crippen LogP contribution in [0.5, 0.6) is 0 Å². The minimum Gasteiger partial charge on any atom is -0.336 e. The van der Waals surface area contributed by atoms with E-state index in [2.05, 4.69) is 23.7 Å². The number of nitrogens with one attached hydrogen (secondary N) is 1. The molecule has 0 unspecified atom stereocenters. The average Bonchev–Trinajstić information content (AvgIpc) is 3.28. The molecule has 1 saturated heterocycles. The van der Waals surface area contributed by atoms with Crippen LogP contribution in [0.2, 0.25) is 0 Å². The number of anilines is 1. The van der Waals surface area contributed by atoms with Crippen LogP contribution >= 0.6 is 11.3 Å². The number of rotatable bonds is 3. The van der Waals surface area contributed by atoms with Crippen molar-refractivity contribution < 1.29 is 9.59 Å². The summed E-state index contributed by atoms with van der Waals surface area (Å²) in [5, 5.41) is 4.92. The molecular weight excluding hydrogens is 334 g/mol. The molecule has 1 N–H and O–H groups in total. The van der Waals surface area contributed by atoms with Crippen LogP contribution in [0.15, 0.2) is 35.7 Å². The number of fused-ring (bicyclic) bond motifs is 1. The van der Waals surface area contributed by atoms with Crippen LogP contribution in [0.4, 0.5) is 10.5 Å². The molecule has 2 aliphatic heterocycles. The summed E-state index contributed by atoms with van der Waals surface area (Å²) in [5.74, 6) is 0.0464. The summed E-state index contributed by atoms with van der Waals surface area (Å²) in [6.07, 6.45) is 1.83. The molecule has 1 aromatic carbocycles. The quantitative estimate of drug-likeness (QED) is 0.917. The number of hydrogen-bond acceptors (Lipinski definition) is 3. The SMILES string of the molecule is CC[C@H]1c2ccsc2CCN1C(=O)c1cccc(N2CCNC2=O)c1. The second kappa shape index (κ2) is 6.52. The van der Waals surface area contributed by atoms with E-state index in [0.717, 1.165) is 25.1 Å². The third kappa shape index (κ3) is 2.80. The lowest BCUT2D eigenvalue weighted by molar-refractivity contribution is 0.0657. The summed E-state index contributed by atoms with van der Waals surface area (Å²) in [6.45, 7) is 4.15. The van der Waals surface area contributed by atoms with E-state index >= 15 is 0 Å². The zero-order chi connectivity index (χ0) is 17.4. The zero-order valence-electron chi connectivity index (χ0n) is 14.2. The second-order valence-electron chi connectivity index (χ2n) is 6.41. The summed E-state index contributed by atoms with van der Waals surface area (Å²) in [7, 11) is 0. The highest BCUT2D eigenvalue weighted by Gasteiger charge is 2.31. The highest BCUT2D eigenvalue weighted by molar-refractivity contribution is 7.10. The number of nitrogens with zero attached hydrogens (tertiary/aromatic N) is 2. The summed E-state index contributed by atoms with van der Waals surface area (Å²) in [5.41, 5.74) is 2.72. The molecule has 4 rings (SSSR count). The maximum absolute atomic E-state index is 13.2. The number of thiophene rings is 1. The van der Waals surface area contributed by atoms with Crippen molar-refractivity contribution in [3.05, 3.63) is 51.7 Å². The maximum atomic E-state index is 13.2. The standard InChI is InChI=1S/C19H21N3O2S/c1-2-16-15-7-11-25-17(15)6-9-22(16)18(23)13-4-3-5-14(12-13)21-10-8-20-19(21)24/h3-5,7,11-12,16H,2,6,8-10H2,1H3,(H,20,24)/t16-/m0/s1. The van der Waals surface area contributed by atoms with Gasteiger partial charge in [-0.05, 0) is 48.1 Å². The first-order valence-corrected chi connectivity index (χ1v) is 9.59. The molecule has 0 bridgehead atoms. The molecule has 3 amide bonds. The highest BCUT2D eigenvalue weighted by Crippen LogP contribution is 2.36. The first kappa shape index (κ1) is 16.1. The molecule has 3 heterocycles. The summed E-state index contributed by atoms with van der Waals surface area (Å²) >= 11 is 1.78. The van der Waals surface area contributed by atoms with Gasteiger partial charge in [-0.15, -0.1) is 11.3 Å². The Morgan fingerprint density at radius 1 is 1.32 bits per heavy atom. The predicted molar refractivity (Wildman–Crippen MR) is 99.3 cm³/mol. The first-order valence-electron chi connectivity index (χ1n) is 8.71. The molecule has 2 aliphatic rings. The topological polar surface area (TPSA) is 52.7 Å². The number of carbonyl (C=O) groups excluding carboxylic acids is 2. The van der Waals surface area contributed by atoms with Crippen molar-refractivity contribution in [3.8, 4) is 0 Å². The third-order valence-corrected chi connectivity index (χ3v) is 6.00. The molecule has 130 valence electrons. The van der Waals surface area contributed by atoms with Crippen LogP contribution in [-0.2, 0) is 6.42 Å². The lowest BCUT2D eigenvalue weighted by Gasteiger charge is -2.35. The van der Waals surface area contributed by atoms with Gasteiger partial charge in [-0.3, -0.25) is 9.69 Å². The van der Waals surface area contributed by atoms with E-state index in [1.54, 1.807) is 16.2 Å². The van der Waals surface area contributed by atoms with Crippen LogP contribution in [0, 0.1) is 0 Å². The molecular formula is C19H21N3O2S. The van der Waals surface area contributed by atoms with Gasteiger partial charge in [-0.2, -0.15) is 0 Å². The van der Waals surface area contributed by atoms with Gasteiger partial charge < -0.3 is 10.2 Å². The van der Waals surface area contributed by atoms with E-state index in [4.69, 9.17) is 0 Å². The van der Waals surface area contributed by atoms with Crippen molar-refractivity contribution in [3.63, 3.8) is 0 Å². The van der Waals surface area contributed by atoms with E-state index in [1.165, 1.54) is 10.4 Å². The molecule has 0 radical (unpaired) electrons. The van der Waals surface area contributed by atoms with Gasteiger partial charge in [0, 0.05) is 35.8 Å². The van der Waals surface area contributed by atoms with Gasteiger partial charge in [0.05, 0.1) is 6.04 Å². The van der Waals surface area contributed by atoms with Crippen LogP contribution in [-0.4, -0.2) is 36.5 Å². The molecule has 6 heteroatoms. The molecule has 0 saturated carbocycles. The lowest BCUT2D eigenvalue weighted by atomic mass is 9.96. The zero-order valence-corrected chi connectivity index (χ0v) is 15.0. The number of amides is 3. The van der Waals surface area contributed by atoms with E-state index in [1.807, 2.05) is 29.2 Å². The van der Waals surface area contributed by atoms with Crippen molar-refractivity contribution in [1.82, 2.24) is 10.2 Å². The monoisotopic (exact) mass is 355 g/mol. The molecule has 1 atom stereocenters. The number of hydrogen-bond donors (Lipinski definition) is 1. The van der Waals surface area contributed by atoms with Crippen LogP contribution < -0.4 is 10.2 Å². The summed E-state index contributed by atoms with van der Waals surface area (Å²) in [4.78, 5) is 30.1. The third-order valence-electron chi connectivity index (χ3n) is 5.00. The van der Waals surface area contributed by atoms with E-state index in [0.29, 0.717) is 18.7 Å². The maximum Gasteiger partial charge on any atom is 0.321 e.